The maximum absolute atomic E-state index is 14.3. The average molecular weight is 628 g/mol. The number of carbonyl (C=O) groups is 1. The molecule has 0 amide bonds. The van der Waals surface area contributed by atoms with E-state index < -0.39 is 12.0 Å². The molecule has 1 aliphatic rings. The second-order valence-corrected chi connectivity index (χ2v) is 11.6. The van der Waals surface area contributed by atoms with Crippen LogP contribution in [0.2, 0.25) is 5.02 Å². The molecule has 8 nitrogen and oxygen atoms in total. The summed E-state index contributed by atoms with van der Waals surface area (Å²) < 4.78 is 20.8. The van der Waals surface area contributed by atoms with Crippen LogP contribution in [-0.4, -0.2) is 35.9 Å². The van der Waals surface area contributed by atoms with E-state index in [0.717, 1.165) is 22.0 Å². The van der Waals surface area contributed by atoms with E-state index in [-0.39, 0.29) is 17.7 Å². The van der Waals surface area contributed by atoms with Crippen LogP contribution in [0.1, 0.15) is 36.6 Å². The Morgan fingerprint density at radius 1 is 1.07 bits per heavy atom. The second kappa shape index (κ2) is 12.2. The predicted octanol–water partition coefficient (Wildman–Crippen LogP) is 5.47. The van der Waals surface area contributed by atoms with Crippen molar-refractivity contribution in [1.82, 2.24) is 9.13 Å². The highest BCUT2D eigenvalue weighted by Gasteiger charge is 2.35. The summed E-state index contributed by atoms with van der Waals surface area (Å²) in [5.41, 5.74) is 3.96. The van der Waals surface area contributed by atoms with Gasteiger partial charge >= 0.3 is 5.97 Å². The van der Waals surface area contributed by atoms with Gasteiger partial charge in [0.15, 0.2) is 4.80 Å². The van der Waals surface area contributed by atoms with Gasteiger partial charge in [0.2, 0.25) is 0 Å². The zero-order chi connectivity index (χ0) is 31.0. The molecule has 2 aromatic heterocycles. The lowest BCUT2D eigenvalue weighted by Crippen LogP contribution is -2.40. The minimum Gasteiger partial charge on any atom is -0.497 e. The first-order valence-electron chi connectivity index (χ1n) is 14.1. The highest BCUT2D eigenvalue weighted by atomic mass is 35.5. The first kappa shape index (κ1) is 29.5. The van der Waals surface area contributed by atoms with E-state index in [1.54, 1.807) is 50.8 Å². The highest BCUT2D eigenvalue weighted by molar-refractivity contribution is 7.07. The molecular weight excluding hydrogens is 598 g/mol. The topological polar surface area (TPSA) is 84.1 Å². The largest absolute Gasteiger partial charge is 0.497 e. The molecule has 0 spiro atoms. The van der Waals surface area contributed by atoms with E-state index in [9.17, 15) is 9.59 Å². The van der Waals surface area contributed by atoms with Gasteiger partial charge in [-0.2, -0.15) is 0 Å². The fraction of sp³-hybridized carbons (Fsp3) is 0.206. The van der Waals surface area contributed by atoms with Crippen molar-refractivity contribution in [2.24, 2.45) is 4.99 Å². The molecule has 0 saturated carbocycles. The Morgan fingerprint density at radius 2 is 1.84 bits per heavy atom. The number of esters is 1. The third-order valence-corrected chi connectivity index (χ3v) is 9.00. The maximum Gasteiger partial charge on any atom is 0.338 e. The Bertz CT molecular complexity index is 2120. The van der Waals surface area contributed by atoms with Crippen molar-refractivity contribution >= 4 is 45.9 Å². The number of halogens is 1. The lowest BCUT2D eigenvalue weighted by atomic mass is 9.94. The fourth-order valence-electron chi connectivity index (χ4n) is 5.61. The smallest absolute Gasteiger partial charge is 0.338 e. The minimum absolute atomic E-state index is 0.181. The summed E-state index contributed by atoms with van der Waals surface area (Å²) in [6.07, 6.45) is 3.92. The Balaban J connectivity index is 1.55. The summed E-state index contributed by atoms with van der Waals surface area (Å²) in [4.78, 5) is 32.8. The minimum atomic E-state index is -0.834. The zero-order valence-electron chi connectivity index (χ0n) is 24.7. The van der Waals surface area contributed by atoms with Crippen LogP contribution in [-0.2, 0) is 16.1 Å². The van der Waals surface area contributed by atoms with Crippen LogP contribution in [0.25, 0.3) is 17.0 Å². The number of thiazole rings is 1. The number of nitrogens with zero attached hydrogens (tertiary/aromatic N) is 3. The third kappa shape index (κ3) is 5.22. The average Bonchev–Trinajstić information content (AvgIpc) is 3.53. The van der Waals surface area contributed by atoms with Gasteiger partial charge in [0.25, 0.3) is 5.56 Å². The highest BCUT2D eigenvalue weighted by Crippen LogP contribution is 2.38. The molecule has 3 heterocycles. The fourth-order valence-corrected chi connectivity index (χ4v) is 6.84. The third-order valence-electron chi connectivity index (χ3n) is 7.65. The maximum atomic E-state index is 14.3. The normalized spacial score (nSPS) is 14.8. The van der Waals surface area contributed by atoms with Crippen molar-refractivity contribution in [1.29, 1.82) is 0 Å². The number of fused-ring (bicyclic) bond motifs is 2. The van der Waals surface area contributed by atoms with E-state index in [1.165, 1.54) is 11.3 Å². The lowest BCUT2D eigenvalue weighted by molar-refractivity contribution is -0.139. The number of hydrogen-bond acceptors (Lipinski definition) is 7. The van der Waals surface area contributed by atoms with Crippen molar-refractivity contribution in [3.63, 3.8) is 0 Å². The quantitative estimate of drug-likeness (QED) is 0.213. The van der Waals surface area contributed by atoms with E-state index in [0.29, 0.717) is 43.7 Å². The molecule has 0 radical (unpaired) electrons. The Morgan fingerprint density at radius 3 is 2.59 bits per heavy atom. The summed E-state index contributed by atoms with van der Waals surface area (Å²) >= 11 is 7.76. The molecule has 6 rings (SSSR count). The number of aromatic nitrogens is 2. The van der Waals surface area contributed by atoms with Crippen LogP contribution in [0.3, 0.4) is 0 Å². The van der Waals surface area contributed by atoms with Gasteiger partial charge in [-0.05, 0) is 55.8 Å². The SMILES string of the molecule is CCOC(=O)C1=C(C)N=c2s/c(=C\c3cn(Cc4ccccc4Cl)c4ccccc34)c(=O)n2[C@H]1c1cc(OC)ccc1OC. The molecule has 1 atom stereocenters. The monoisotopic (exact) mass is 627 g/mol. The zero-order valence-corrected chi connectivity index (χ0v) is 26.2. The molecule has 0 aliphatic carbocycles. The molecule has 0 bridgehead atoms. The molecule has 0 fully saturated rings. The number of hydrogen-bond donors (Lipinski definition) is 0. The number of allylic oxidation sites excluding steroid dienone is 1. The van der Waals surface area contributed by atoms with Crippen molar-refractivity contribution in [2.75, 3.05) is 20.8 Å². The van der Waals surface area contributed by atoms with E-state index in [1.807, 2.05) is 54.7 Å². The first-order valence-corrected chi connectivity index (χ1v) is 15.3. The van der Waals surface area contributed by atoms with Gasteiger partial charge in [0, 0.05) is 39.8 Å². The van der Waals surface area contributed by atoms with Gasteiger partial charge in [0.1, 0.15) is 17.5 Å². The summed E-state index contributed by atoms with van der Waals surface area (Å²) in [7, 11) is 3.11. The Hall–Kier alpha value is -4.60. The van der Waals surface area contributed by atoms with Crippen molar-refractivity contribution in [3.8, 4) is 11.5 Å². The van der Waals surface area contributed by atoms with Crippen LogP contribution < -0.4 is 24.4 Å². The number of carbonyl (C=O) groups excluding carboxylic acids is 1. The van der Waals surface area contributed by atoms with E-state index >= 15 is 0 Å². The van der Waals surface area contributed by atoms with Gasteiger partial charge in [-0.3, -0.25) is 9.36 Å². The van der Waals surface area contributed by atoms with Gasteiger partial charge in [-0.1, -0.05) is 59.3 Å². The number of rotatable bonds is 8. The summed E-state index contributed by atoms with van der Waals surface area (Å²) in [5, 5.41) is 1.70. The van der Waals surface area contributed by atoms with Gasteiger partial charge in [0.05, 0.1) is 36.6 Å². The molecule has 5 aromatic rings. The van der Waals surface area contributed by atoms with Crippen molar-refractivity contribution in [3.05, 3.63) is 126 Å². The standard InChI is InChI=1S/C34H30ClN3O5S/c1-5-43-33(40)30-20(2)36-34-38(31(30)25-17-23(41-3)14-15-28(25)42-4)32(39)29(44-34)16-22-19-37(27-13-9-7-11-24(22)27)18-21-10-6-8-12-26(21)35/h6-17,19,31H,5,18H2,1-4H3/b29-16-/t31-/m0/s1. The predicted molar refractivity (Wildman–Crippen MR) is 172 cm³/mol. The Labute approximate surface area is 262 Å². The van der Waals surface area contributed by atoms with E-state index in [2.05, 4.69) is 10.6 Å². The first-order chi connectivity index (χ1) is 21.3. The lowest BCUT2D eigenvalue weighted by Gasteiger charge is -2.26. The van der Waals surface area contributed by atoms with Crippen LogP contribution in [0.4, 0.5) is 0 Å². The molecular formula is C34H30ClN3O5S. The van der Waals surface area contributed by atoms with Gasteiger partial charge < -0.3 is 18.8 Å². The van der Waals surface area contributed by atoms with Crippen molar-refractivity contribution in [2.45, 2.75) is 26.4 Å². The summed E-state index contributed by atoms with van der Waals surface area (Å²) in [5.74, 6) is 0.525. The second-order valence-electron chi connectivity index (χ2n) is 10.2. The number of para-hydroxylation sites is 1. The van der Waals surface area contributed by atoms with Gasteiger partial charge in [-0.15, -0.1) is 0 Å². The van der Waals surface area contributed by atoms with Crippen LogP contribution in [0.15, 0.2) is 94.0 Å². The summed E-state index contributed by atoms with van der Waals surface area (Å²) in [6.45, 7) is 4.25. The molecule has 224 valence electrons. The molecule has 1 aliphatic heterocycles. The Kier molecular flexibility index (Phi) is 8.16. The van der Waals surface area contributed by atoms with Gasteiger partial charge in [-0.25, -0.2) is 9.79 Å². The number of ether oxygens (including phenoxy) is 3. The summed E-state index contributed by atoms with van der Waals surface area (Å²) in [6, 6.07) is 20.3. The number of methoxy groups -OCH3 is 2. The van der Waals surface area contributed by atoms with E-state index in [4.69, 9.17) is 30.8 Å². The molecule has 3 aromatic carbocycles. The van der Waals surface area contributed by atoms with Crippen LogP contribution in [0, 0.1) is 0 Å². The molecule has 0 saturated heterocycles. The number of benzene rings is 3. The molecule has 0 unspecified atom stereocenters. The molecule has 0 N–H and O–H groups in total. The van der Waals surface area contributed by atoms with Crippen LogP contribution >= 0.6 is 22.9 Å². The molecule has 44 heavy (non-hydrogen) atoms. The van der Waals surface area contributed by atoms with Crippen LogP contribution in [0.5, 0.6) is 11.5 Å². The van der Waals surface area contributed by atoms with Crippen molar-refractivity contribution < 1.29 is 19.0 Å². The molecule has 10 heteroatoms.